The smallest absolute Gasteiger partial charge is 0.269 e. The van der Waals surface area contributed by atoms with Crippen LogP contribution in [0, 0.1) is 17.0 Å². The summed E-state index contributed by atoms with van der Waals surface area (Å²) in [7, 11) is 0. The lowest BCUT2D eigenvalue weighted by Crippen LogP contribution is -2.28. The minimum absolute atomic E-state index is 0.0772. The van der Waals surface area contributed by atoms with Gasteiger partial charge in [0.05, 0.1) is 17.2 Å². The van der Waals surface area contributed by atoms with E-state index in [1.54, 1.807) is 18.4 Å². The van der Waals surface area contributed by atoms with Crippen molar-refractivity contribution in [3.8, 4) is 0 Å². The summed E-state index contributed by atoms with van der Waals surface area (Å²) in [6.07, 6.45) is 5.40. The summed E-state index contributed by atoms with van der Waals surface area (Å²) >= 11 is 0. The number of rotatable bonds is 11. The zero-order valence-corrected chi connectivity index (χ0v) is 16.7. The maximum absolute atomic E-state index is 11.1. The van der Waals surface area contributed by atoms with Gasteiger partial charge in [-0.15, -0.1) is 5.10 Å². The Morgan fingerprint density at radius 1 is 1.31 bits per heavy atom. The van der Waals surface area contributed by atoms with Crippen molar-refractivity contribution in [3.63, 3.8) is 0 Å². The zero-order valence-electron chi connectivity index (χ0n) is 16.7. The Morgan fingerprint density at radius 2 is 2.17 bits per heavy atom. The summed E-state index contributed by atoms with van der Waals surface area (Å²) in [5, 5.41) is 26.9. The highest BCUT2D eigenvalue weighted by Gasteiger charge is 2.23. The Balaban J connectivity index is 1.81. The Bertz CT molecular complexity index is 922. The topological polar surface area (TPSA) is 112 Å². The molecule has 0 aliphatic rings. The molecular formula is C20H26N6O3. The summed E-state index contributed by atoms with van der Waals surface area (Å²) < 4.78 is 7.20. The Labute approximate surface area is 169 Å². The highest BCUT2D eigenvalue weighted by atomic mass is 16.6. The molecule has 0 fully saturated rings. The van der Waals surface area contributed by atoms with Crippen LogP contribution in [0.2, 0.25) is 0 Å². The van der Waals surface area contributed by atoms with Gasteiger partial charge in [0.1, 0.15) is 5.76 Å². The number of hydrogen-bond acceptors (Lipinski definition) is 7. The quantitative estimate of drug-likeness (QED) is 0.298. The van der Waals surface area contributed by atoms with E-state index in [9.17, 15) is 10.1 Å². The molecule has 2 aromatic heterocycles. The van der Waals surface area contributed by atoms with Crippen LogP contribution < -0.4 is 5.32 Å². The number of tetrazole rings is 1. The van der Waals surface area contributed by atoms with Crippen molar-refractivity contribution in [3.05, 3.63) is 69.4 Å². The molecular weight excluding hydrogens is 372 g/mol. The third kappa shape index (κ3) is 5.26. The second-order valence-corrected chi connectivity index (χ2v) is 6.98. The van der Waals surface area contributed by atoms with Crippen LogP contribution in [0.3, 0.4) is 0 Å². The predicted molar refractivity (Wildman–Crippen MR) is 107 cm³/mol. The maximum Gasteiger partial charge on any atom is 0.269 e. The van der Waals surface area contributed by atoms with Crippen LogP contribution in [0.1, 0.15) is 54.9 Å². The van der Waals surface area contributed by atoms with Crippen molar-refractivity contribution in [1.29, 1.82) is 0 Å². The monoisotopic (exact) mass is 398 g/mol. The SMILES string of the molecule is CCCCn1nnnc1C(NCCCc1ccco1)c1ccc([N+](=O)[O-])cc1C. The number of nitrogens with one attached hydrogen (secondary N) is 1. The lowest BCUT2D eigenvalue weighted by molar-refractivity contribution is -0.384. The number of nitrogens with zero attached hydrogens (tertiary/aromatic N) is 5. The normalized spacial score (nSPS) is 12.2. The summed E-state index contributed by atoms with van der Waals surface area (Å²) in [6.45, 7) is 5.45. The van der Waals surface area contributed by atoms with E-state index >= 15 is 0 Å². The van der Waals surface area contributed by atoms with E-state index < -0.39 is 0 Å². The van der Waals surface area contributed by atoms with E-state index in [2.05, 4.69) is 27.8 Å². The summed E-state index contributed by atoms with van der Waals surface area (Å²) in [5.74, 6) is 1.66. The number of non-ortho nitro benzene ring substituents is 1. The molecule has 2 heterocycles. The van der Waals surface area contributed by atoms with Crippen molar-refractivity contribution in [2.75, 3.05) is 6.54 Å². The van der Waals surface area contributed by atoms with E-state index in [0.717, 1.165) is 55.7 Å². The third-order valence-electron chi connectivity index (χ3n) is 4.84. The molecule has 0 saturated carbocycles. The Kier molecular flexibility index (Phi) is 7.07. The first-order valence-corrected chi connectivity index (χ1v) is 9.87. The van der Waals surface area contributed by atoms with Crippen molar-refractivity contribution < 1.29 is 9.34 Å². The first-order valence-electron chi connectivity index (χ1n) is 9.87. The van der Waals surface area contributed by atoms with Gasteiger partial charge < -0.3 is 9.73 Å². The molecule has 0 amide bonds. The van der Waals surface area contributed by atoms with E-state index in [0.29, 0.717) is 5.82 Å². The molecule has 3 aromatic rings. The fourth-order valence-electron chi connectivity index (χ4n) is 3.29. The first-order chi connectivity index (χ1) is 14.1. The fourth-order valence-corrected chi connectivity index (χ4v) is 3.29. The van der Waals surface area contributed by atoms with Crippen LogP contribution >= 0.6 is 0 Å². The van der Waals surface area contributed by atoms with Gasteiger partial charge in [-0.1, -0.05) is 13.3 Å². The number of nitro benzene ring substituents is 1. The average Bonchev–Trinajstić information content (AvgIpc) is 3.39. The molecule has 1 atom stereocenters. The first kappa shape index (κ1) is 20.7. The molecule has 0 saturated heterocycles. The minimum atomic E-state index is -0.381. The van der Waals surface area contributed by atoms with Crippen LogP contribution in [0.15, 0.2) is 41.0 Å². The van der Waals surface area contributed by atoms with Gasteiger partial charge in [0.15, 0.2) is 5.82 Å². The van der Waals surface area contributed by atoms with E-state index in [4.69, 9.17) is 4.42 Å². The lowest BCUT2D eigenvalue weighted by atomic mass is 9.99. The lowest BCUT2D eigenvalue weighted by Gasteiger charge is -2.20. The van der Waals surface area contributed by atoms with Gasteiger partial charge in [-0.3, -0.25) is 10.1 Å². The molecule has 0 radical (unpaired) electrons. The van der Waals surface area contributed by atoms with E-state index in [1.165, 1.54) is 6.07 Å². The zero-order chi connectivity index (χ0) is 20.6. The molecule has 3 rings (SSSR count). The molecule has 29 heavy (non-hydrogen) atoms. The van der Waals surface area contributed by atoms with Crippen molar-refractivity contribution in [1.82, 2.24) is 25.5 Å². The van der Waals surface area contributed by atoms with Gasteiger partial charge in [-0.2, -0.15) is 0 Å². The highest BCUT2D eigenvalue weighted by molar-refractivity contribution is 5.42. The van der Waals surface area contributed by atoms with E-state index in [1.807, 2.05) is 23.7 Å². The maximum atomic E-state index is 11.1. The predicted octanol–water partition coefficient (Wildman–Crippen LogP) is 3.59. The van der Waals surface area contributed by atoms with E-state index in [-0.39, 0.29) is 16.7 Å². The Hall–Kier alpha value is -3.07. The fraction of sp³-hybridized carbons (Fsp3) is 0.450. The standard InChI is InChI=1S/C20H26N6O3/c1-3-4-12-25-20(22-23-24-25)19(21-11-5-7-17-8-6-13-29-17)18-10-9-16(26(27)28)14-15(18)2/h6,8-10,13-14,19,21H,3-5,7,11-12H2,1-2H3. The number of aromatic nitrogens is 4. The molecule has 0 aliphatic heterocycles. The van der Waals surface area contributed by atoms with Gasteiger partial charge in [0.2, 0.25) is 0 Å². The number of furan rings is 1. The Morgan fingerprint density at radius 3 is 2.86 bits per heavy atom. The van der Waals surface area contributed by atoms with Crippen LogP contribution in [-0.4, -0.2) is 31.7 Å². The summed E-state index contributed by atoms with van der Waals surface area (Å²) in [5.41, 5.74) is 1.84. The highest BCUT2D eigenvalue weighted by Crippen LogP contribution is 2.26. The van der Waals surface area contributed by atoms with Gasteiger partial charge in [0, 0.05) is 25.1 Å². The van der Waals surface area contributed by atoms with Crippen LogP contribution in [0.5, 0.6) is 0 Å². The van der Waals surface area contributed by atoms with Crippen LogP contribution in [-0.2, 0) is 13.0 Å². The van der Waals surface area contributed by atoms with Crippen molar-refractivity contribution in [2.45, 2.75) is 52.1 Å². The molecule has 1 aromatic carbocycles. The number of hydrogen-bond donors (Lipinski definition) is 1. The average molecular weight is 398 g/mol. The molecule has 9 heteroatoms. The molecule has 0 aliphatic carbocycles. The van der Waals surface area contributed by atoms with Crippen molar-refractivity contribution in [2.24, 2.45) is 0 Å². The van der Waals surface area contributed by atoms with Crippen LogP contribution in [0.4, 0.5) is 5.69 Å². The number of nitro groups is 1. The number of benzene rings is 1. The molecule has 0 spiro atoms. The number of aryl methyl sites for hydroxylation is 3. The van der Waals surface area contributed by atoms with Gasteiger partial charge in [-0.05, 0) is 66.1 Å². The molecule has 154 valence electrons. The molecule has 0 bridgehead atoms. The van der Waals surface area contributed by atoms with Crippen molar-refractivity contribution >= 4 is 5.69 Å². The van der Waals surface area contributed by atoms with Gasteiger partial charge >= 0.3 is 0 Å². The molecule has 1 unspecified atom stereocenters. The largest absolute Gasteiger partial charge is 0.469 e. The summed E-state index contributed by atoms with van der Waals surface area (Å²) in [4.78, 5) is 10.7. The van der Waals surface area contributed by atoms with Gasteiger partial charge in [-0.25, -0.2) is 4.68 Å². The molecule has 9 nitrogen and oxygen atoms in total. The summed E-state index contributed by atoms with van der Waals surface area (Å²) in [6, 6.07) is 8.50. The molecule has 1 N–H and O–H groups in total. The minimum Gasteiger partial charge on any atom is -0.469 e. The second kappa shape index (κ2) is 9.92. The number of unbranched alkanes of at least 4 members (excludes halogenated alkanes) is 1. The van der Waals surface area contributed by atoms with Crippen LogP contribution in [0.25, 0.3) is 0 Å². The van der Waals surface area contributed by atoms with Gasteiger partial charge in [0.25, 0.3) is 5.69 Å². The second-order valence-electron chi connectivity index (χ2n) is 6.98. The third-order valence-corrected chi connectivity index (χ3v) is 4.84.